The number of hydrogen-bond acceptors (Lipinski definition) is 3. The zero-order valence-electron chi connectivity index (χ0n) is 14.4. The highest BCUT2D eigenvalue weighted by molar-refractivity contribution is 5.84. The maximum absolute atomic E-state index is 12.1. The molecule has 1 unspecified atom stereocenters. The minimum atomic E-state index is -1.07. The highest BCUT2D eigenvalue weighted by Gasteiger charge is 2.20. The molecule has 2 aromatic carbocycles. The van der Waals surface area contributed by atoms with E-state index in [0.717, 1.165) is 11.1 Å². The largest absolute Gasteiger partial charge is 0.483 e. The van der Waals surface area contributed by atoms with E-state index in [4.69, 9.17) is 4.74 Å². The summed E-state index contributed by atoms with van der Waals surface area (Å²) in [6, 6.07) is 15.7. The van der Waals surface area contributed by atoms with Crippen LogP contribution in [0.5, 0.6) is 5.75 Å². The Bertz CT molecular complexity index is 713. The van der Waals surface area contributed by atoms with Gasteiger partial charge in [0.1, 0.15) is 11.8 Å². The molecule has 2 N–H and O–H groups in total. The van der Waals surface area contributed by atoms with Gasteiger partial charge in [-0.15, -0.1) is 0 Å². The van der Waals surface area contributed by atoms with Crippen LogP contribution in [0.25, 0.3) is 0 Å². The topological polar surface area (TPSA) is 75.6 Å². The van der Waals surface area contributed by atoms with E-state index >= 15 is 0 Å². The molecule has 2 aromatic rings. The Hall–Kier alpha value is -2.82. The first-order valence-corrected chi connectivity index (χ1v) is 8.25. The Morgan fingerprint density at radius 1 is 1.04 bits per heavy atom. The third-order valence-corrected chi connectivity index (χ3v) is 3.82. The van der Waals surface area contributed by atoms with Crippen LogP contribution in [0.4, 0.5) is 0 Å². The molecule has 0 saturated carbocycles. The molecular weight excluding hydrogens is 318 g/mol. The lowest BCUT2D eigenvalue weighted by atomic mass is 10.0. The maximum atomic E-state index is 12.1. The number of benzene rings is 2. The summed E-state index contributed by atoms with van der Waals surface area (Å²) < 4.78 is 5.59. The average Bonchev–Trinajstić information content (AvgIpc) is 2.60. The lowest BCUT2D eigenvalue weighted by Crippen LogP contribution is -2.44. The molecule has 1 amide bonds. The SMILES string of the molecule is CC(C)c1ccccc1OCC(=O)NC(Cc1ccccc1)C(=O)O. The van der Waals surface area contributed by atoms with Crippen LogP contribution >= 0.6 is 0 Å². The number of nitrogens with one attached hydrogen (secondary N) is 1. The molecule has 0 fully saturated rings. The van der Waals surface area contributed by atoms with E-state index in [1.807, 2.05) is 62.4 Å². The summed E-state index contributed by atoms with van der Waals surface area (Å²) in [5, 5.41) is 11.9. The predicted octanol–water partition coefficient (Wildman–Crippen LogP) is 3.00. The first-order chi connectivity index (χ1) is 12.0. The van der Waals surface area contributed by atoms with Crippen LogP contribution in [-0.2, 0) is 16.0 Å². The molecule has 0 aromatic heterocycles. The quantitative estimate of drug-likeness (QED) is 0.774. The highest BCUT2D eigenvalue weighted by atomic mass is 16.5. The van der Waals surface area contributed by atoms with Crippen LogP contribution in [0.3, 0.4) is 0 Å². The van der Waals surface area contributed by atoms with Crippen molar-refractivity contribution in [3.05, 3.63) is 65.7 Å². The number of rotatable bonds is 8. The molecule has 1 atom stereocenters. The molecule has 0 radical (unpaired) electrons. The molecule has 0 aliphatic rings. The second kappa shape index (κ2) is 8.87. The zero-order chi connectivity index (χ0) is 18.2. The molecule has 5 heteroatoms. The fraction of sp³-hybridized carbons (Fsp3) is 0.300. The molecule has 0 spiro atoms. The van der Waals surface area contributed by atoms with Crippen molar-refractivity contribution in [3.8, 4) is 5.75 Å². The third-order valence-electron chi connectivity index (χ3n) is 3.82. The number of amides is 1. The molecule has 25 heavy (non-hydrogen) atoms. The molecule has 5 nitrogen and oxygen atoms in total. The van der Waals surface area contributed by atoms with Crippen LogP contribution in [-0.4, -0.2) is 29.6 Å². The van der Waals surface area contributed by atoms with Crippen molar-refractivity contribution in [1.29, 1.82) is 0 Å². The summed E-state index contributed by atoms with van der Waals surface area (Å²) in [5.74, 6) is -0.617. The van der Waals surface area contributed by atoms with Gasteiger partial charge in [-0.25, -0.2) is 4.79 Å². The summed E-state index contributed by atoms with van der Waals surface area (Å²) in [6.07, 6.45) is 0.227. The molecule has 2 rings (SSSR count). The van der Waals surface area contributed by atoms with Crippen LogP contribution in [0.1, 0.15) is 30.9 Å². The minimum absolute atomic E-state index is 0.220. The number of ether oxygens (including phenoxy) is 1. The first kappa shape index (κ1) is 18.5. The summed E-state index contributed by atoms with van der Waals surface area (Å²) in [4.78, 5) is 23.5. The maximum Gasteiger partial charge on any atom is 0.326 e. The molecule has 0 aliphatic carbocycles. The smallest absolute Gasteiger partial charge is 0.326 e. The number of aliphatic carboxylic acids is 1. The van der Waals surface area contributed by atoms with Crippen molar-refractivity contribution >= 4 is 11.9 Å². The lowest BCUT2D eigenvalue weighted by Gasteiger charge is -2.16. The number of carbonyl (C=O) groups is 2. The van der Waals surface area contributed by atoms with Gasteiger partial charge in [0, 0.05) is 6.42 Å². The van der Waals surface area contributed by atoms with Gasteiger partial charge in [0.2, 0.25) is 0 Å². The zero-order valence-corrected chi connectivity index (χ0v) is 14.4. The van der Waals surface area contributed by atoms with Gasteiger partial charge in [0.25, 0.3) is 5.91 Å². The Kier molecular flexibility index (Phi) is 6.57. The van der Waals surface area contributed by atoms with Gasteiger partial charge in [-0.1, -0.05) is 62.4 Å². The summed E-state index contributed by atoms with van der Waals surface area (Å²) >= 11 is 0. The van der Waals surface area contributed by atoms with E-state index in [2.05, 4.69) is 5.32 Å². The Morgan fingerprint density at radius 3 is 2.32 bits per heavy atom. The summed E-state index contributed by atoms with van der Waals surface area (Å²) in [7, 11) is 0. The fourth-order valence-electron chi connectivity index (χ4n) is 2.52. The second-order valence-electron chi connectivity index (χ2n) is 6.13. The van der Waals surface area contributed by atoms with Crippen molar-refractivity contribution < 1.29 is 19.4 Å². The summed E-state index contributed by atoms with van der Waals surface area (Å²) in [5.41, 5.74) is 1.86. The second-order valence-corrected chi connectivity index (χ2v) is 6.13. The van der Waals surface area contributed by atoms with E-state index in [-0.39, 0.29) is 18.9 Å². The van der Waals surface area contributed by atoms with Gasteiger partial charge in [0.15, 0.2) is 6.61 Å². The first-order valence-electron chi connectivity index (χ1n) is 8.25. The number of para-hydroxylation sites is 1. The summed E-state index contributed by atoms with van der Waals surface area (Å²) in [6.45, 7) is 3.87. The molecule has 0 bridgehead atoms. The van der Waals surface area contributed by atoms with Crippen molar-refractivity contribution in [2.24, 2.45) is 0 Å². The fourth-order valence-corrected chi connectivity index (χ4v) is 2.52. The van der Waals surface area contributed by atoms with Crippen LogP contribution < -0.4 is 10.1 Å². The number of carboxylic acid groups (broad SMARTS) is 1. The monoisotopic (exact) mass is 341 g/mol. The predicted molar refractivity (Wildman–Crippen MR) is 95.7 cm³/mol. The van der Waals surface area contributed by atoms with Gasteiger partial charge in [0.05, 0.1) is 0 Å². The van der Waals surface area contributed by atoms with Gasteiger partial charge < -0.3 is 15.2 Å². The highest BCUT2D eigenvalue weighted by Crippen LogP contribution is 2.25. The van der Waals surface area contributed by atoms with E-state index < -0.39 is 17.9 Å². The van der Waals surface area contributed by atoms with E-state index in [1.165, 1.54) is 0 Å². The molecule has 0 saturated heterocycles. The van der Waals surface area contributed by atoms with Crippen molar-refractivity contribution in [2.45, 2.75) is 32.2 Å². The molecule has 0 aliphatic heterocycles. The molecule has 132 valence electrons. The van der Waals surface area contributed by atoms with Crippen LogP contribution in [0, 0.1) is 0 Å². The number of carboxylic acids is 1. The number of hydrogen-bond donors (Lipinski definition) is 2. The standard InChI is InChI=1S/C20H23NO4/c1-14(2)16-10-6-7-11-18(16)25-13-19(22)21-17(20(23)24)12-15-8-4-3-5-9-15/h3-11,14,17H,12-13H2,1-2H3,(H,21,22)(H,23,24). The Morgan fingerprint density at radius 2 is 1.68 bits per heavy atom. The average molecular weight is 341 g/mol. The lowest BCUT2D eigenvalue weighted by molar-refractivity contribution is -0.142. The molecule has 0 heterocycles. The minimum Gasteiger partial charge on any atom is -0.483 e. The van der Waals surface area contributed by atoms with E-state index in [0.29, 0.717) is 5.75 Å². The van der Waals surface area contributed by atoms with E-state index in [9.17, 15) is 14.7 Å². The van der Waals surface area contributed by atoms with Gasteiger partial charge in [-0.2, -0.15) is 0 Å². The van der Waals surface area contributed by atoms with Crippen LogP contribution in [0.2, 0.25) is 0 Å². The van der Waals surface area contributed by atoms with Gasteiger partial charge in [-0.3, -0.25) is 4.79 Å². The third kappa shape index (κ3) is 5.64. The Labute approximate surface area is 147 Å². The van der Waals surface area contributed by atoms with E-state index in [1.54, 1.807) is 6.07 Å². The van der Waals surface area contributed by atoms with Gasteiger partial charge in [-0.05, 0) is 23.1 Å². The van der Waals surface area contributed by atoms with Gasteiger partial charge >= 0.3 is 5.97 Å². The van der Waals surface area contributed by atoms with Crippen molar-refractivity contribution in [1.82, 2.24) is 5.32 Å². The Balaban J connectivity index is 1.95. The van der Waals surface area contributed by atoms with Crippen molar-refractivity contribution in [3.63, 3.8) is 0 Å². The van der Waals surface area contributed by atoms with Crippen molar-refractivity contribution in [2.75, 3.05) is 6.61 Å². The number of carbonyl (C=O) groups excluding carboxylic acids is 1. The molecular formula is C20H23NO4. The normalized spacial score (nSPS) is 11.8. The van der Waals surface area contributed by atoms with Crippen LogP contribution in [0.15, 0.2) is 54.6 Å².